The van der Waals surface area contributed by atoms with E-state index in [0.717, 1.165) is 22.8 Å². The molecule has 0 unspecified atom stereocenters. The van der Waals surface area contributed by atoms with Gasteiger partial charge in [-0.25, -0.2) is 14.4 Å². The van der Waals surface area contributed by atoms with Crippen LogP contribution in [0.2, 0.25) is 0 Å². The van der Waals surface area contributed by atoms with E-state index in [-0.39, 0.29) is 5.57 Å². The molecule has 4 aromatic carbocycles. The summed E-state index contributed by atoms with van der Waals surface area (Å²) in [5, 5.41) is 0. The lowest BCUT2D eigenvalue weighted by atomic mass is 10.0. The first-order chi connectivity index (χ1) is 23.0. The Balaban J connectivity index is 1.52. The Hall–Kier alpha value is -6.81. The number of rotatable bonds is 6. The topological polar surface area (TPSA) is 78.9 Å². The van der Waals surface area contributed by atoms with Crippen LogP contribution in [0.15, 0.2) is 122 Å². The maximum atomic E-state index is 12.5. The molecule has 0 aliphatic carbocycles. The molecule has 4 aromatic rings. The Morgan fingerprint density at radius 2 is 0.917 bits per heavy atom. The van der Waals surface area contributed by atoms with Crippen molar-refractivity contribution in [1.29, 1.82) is 0 Å². The minimum absolute atomic E-state index is 0.249. The highest BCUT2D eigenvalue weighted by Gasteiger charge is 2.14. The SMILES string of the molecule is C=CC(=O)Oc1ccc(C#Cc2ccc(C#Cc3ccc(C#Cc4ccc(OC(=O)C(=C)C)cc4)cc3)c(C)c2OC(=O)C(=C)C)cc1. The first-order valence-corrected chi connectivity index (χ1v) is 14.6. The fraction of sp³-hybridized carbons (Fsp3) is 0.0714. The minimum atomic E-state index is -0.571. The summed E-state index contributed by atoms with van der Waals surface area (Å²) in [6.45, 7) is 15.6. The van der Waals surface area contributed by atoms with Gasteiger partial charge in [0.15, 0.2) is 5.75 Å². The molecule has 0 fully saturated rings. The third kappa shape index (κ3) is 9.59. The molecule has 0 aliphatic heterocycles. The van der Waals surface area contributed by atoms with Gasteiger partial charge in [0.05, 0.1) is 5.56 Å². The average molecular weight is 631 g/mol. The van der Waals surface area contributed by atoms with Crippen LogP contribution in [0.25, 0.3) is 0 Å². The molecule has 0 amide bonds. The predicted molar refractivity (Wildman–Crippen MR) is 185 cm³/mol. The quantitative estimate of drug-likeness (QED) is 0.0967. The second-order valence-electron chi connectivity index (χ2n) is 10.5. The van der Waals surface area contributed by atoms with E-state index in [4.69, 9.17) is 14.2 Å². The summed E-state index contributed by atoms with van der Waals surface area (Å²) in [5.41, 5.74) is 5.41. The second kappa shape index (κ2) is 16.0. The number of hydrogen-bond donors (Lipinski definition) is 0. The molecule has 0 radical (unpaired) electrons. The molecule has 0 saturated carbocycles. The summed E-state index contributed by atoms with van der Waals surface area (Å²) in [4.78, 5) is 35.6. The molecule has 4 rings (SSSR count). The molecule has 0 aliphatic rings. The first-order valence-electron chi connectivity index (χ1n) is 14.6. The van der Waals surface area contributed by atoms with Crippen molar-refractivity contribution in [3.63, 3.8) is 0 Å². The number of esters is 3. The Morgan fingerprint density at radius 1 is 0.542 bits per heavy atom. The largest absolute Gasteiger partial charge is 0.423 e. The van der Waals surface area contributed by atoms with E-state index < -0.39 is 17.9 Å². The zero-order chi connectivity index (χ0) is 34.6. The van der Waals surface area contributed by atoms with Gasteiger partial charge in [-0.15, -0.1) is 0 Å². The van der Waals surface area contributed by atoms with E-state index in [9.17, 15) is 14.4 Å². The summed E-state index contributed by atoms with van der Waals surface area (Å²) in [5.74, 6) is 18.1. The maximum Gasteiger partial charge on any atom is 0.338 e. The van der Waals surface area contributed by atoms with Crippen LogP contribution >= 0.6 is 0 Å². The van der Waals surface area contributed by atoms with E-state index in [1.54, 1.807) is 68.4 Å². The van der Waals surface area contributed by atoms with Gasteiger partial charge in [-0.2, -0.15) is 0 Å². The number of benzene rings is 4. The highest BCUT2D eigenvalue weighted by atomic mass is 16.5. The zero-order valence-electron chi connectivity index (χ0n) is 26.7. The molecule has 6 heteroatoms. The van der Waals surface area contributed by atoms with Gasteiger partial charge in [-0.1, -0.05) is 55.3 Å². The van der Waals surface area contributed by atoms with Gasteiger partial charge >= 0.3 is 17.9 Å². The van der Waals surface area contributed by atoms with Gasteiger partial charge in [0.25, 0.3) is 0 Å². The van der Waals surface area contributed by atoms with Gasteiger partial charge in [0, 0.05) is 50.6 Å². The van der Waals surface area contributed by atoms with Crippen molar-refractivity contribution < 1.29 is 28.6 Å². The Labute approximate surface area is 280 Å². The zero-order valence-corrected chi connectivity index (χ0v) is 26.7. The lowest BCUT2D eigenvalue weighted by Crippen LogP contribution is -2.11. The summed E-state index contributed by atoms with van der Waals surface area (Å²) >= 11 is 0. The van der Waals surface area contributed by atoms with Crippen LogP contribution in [0.4, 0.5) is 0 Å². The van der Waals surface area contributed by atoms with Crippen molar-refractivity contribution in [2.75, 3.05) is 0 Å². The number of hydrogen-bond acceptors (Lipinski definition) is 6. The van der Waals surface area contributed by atoms with Gasteiger partial charge in [-0.3, -0.25) is 0 Å². The maximum absolute atomic E-state index is 12.5. The number of carbonyl (C=O) groups excluding carboxylic acids is 3. The fourth-order valence-electron chi connectivity index (χ4n) is 3.86. The Morgan fingerprint density at radius 3 is 1.38 bits per heavy atom. The monoisotopic (exact) mass is 630 g/mol. The van der Waals surface area contributed by atoms with Crippen LogP contribution in [0, 0.1) is 42.4 Å². The first kappa shape index (κ1) is 34.1. The van der Waals surface area contributed by atoms with Crippen molar-refractivity contribution in [3.05, 3.63) is 161 Å². The lowest BCUT2D eigenvalue weighted by Gasteiger charge is -2.11. The van der Waals surface area contributed by atoms with Crippen LogP contribution in [0.1, 0.15) is 52.8 Å². The van der Waals surface area contributed by atoms with Gasteiger partial charge in [0.2, 0.25) is 0 Å². The van der Waals surface area contributed by atoms with Crippen LogP contribution in [-0.2, 0) is 14.4 Å². The lowest BCUT2D eigenvalue weighted by molar-refractivity contribution is -0.131. The molecular weight excluding hydrogens is 600 g/mol. The van der Waals surface area contributed by atoms with Crippen molar-refractivity contribution >= 4 is 17.9 Å². The molecule has 0 atom stereocenters. The second-order valence-corrected chi connectivity index (χ2v) is 10.5. The van der Waals surface area contributed by atoms with Gasteiger partial charge in [0.1, 0.15) is 11.5 Å². The van der Waals surface area contributed by atoms with Crippen molar-refractivity contribution in [2.45, 2.75) is 20.8 Å². The molecule has 234 valence electrons. The molecular formula is C42H30O6. The Kier molecular flexibility index (Phi) is 11.3. The number of ether oxygens (including phenoxy) is 3. The summed E-state index contributed by atoms with van der Waals surface area (Å²) in [6.07, 6.45) is 1.09. The summed E-state index contributed by atoms with van der Waals surface area (Å²) < 4.78 is 16.0. The van der Waals surface area contributed by atoms with E-state index in [2.05, 4.69) is 55.3 Å². The summed E-state index contributed by atoms with van der Waals surface area (Å²) in [7, 11) is 0. The summed E-state index contributed by atoms with van der Waals surface area (Å²) in [6, 6.07) is 24.7. The smallest absolute Gasteiger partial charge is 0.338 e. The van der Waals surface area contributed by atoms with E-state index >= 15 is 0 Å². The molecule has 6 nitrogen and oxygen atoms in total. The average Bonchev–Trinajstić information content (AvgIpc) is 3.08. The third-order valence-electron chi connectivity index (χ3n) is 6.52. The van der Waals surface area contributed by atoms with E-state index in [1.807, 2.05) is 37.3 Å². The Bertz CT molecular complexity index is 2110. The fourth-order valence-corrected chi connectivity index (χ4v) is 3.86. The normalized spacial score (nSPS) is 9.56. The van der Waals surface area contributed by atoms with E-state index in [0.29, 0.717) is 45.1 Å². The third-order valence-corrected chi connectivity index (χ3v) is 6.52. The van der Waals surface area contributed by atoms with Crippen LogP contribution in [0.3, 0.4) is 0 Å². The van der Waals surface area contributed by atoms with Crippen LogP contribution in [-0.4, -0.2) is 17.9 Å². The van der Waals surface area contributed by atoms with E-state index in [1.165, 1.54) is 0 Å². The van der Waals surface area contributed by atoms with Crippen molar-refractivity contribution in [3.8, 4) is 52.8 Å². The van der Waals surface area contributed by atoms with Gasteiger partial charge in [-0.05, 0) is 106 Å². The molecule has 0 N–H and O–H groups in total. The molecule has 0 bridgehead atoms. The highest BCUT2D eigenvalue weighted by molar-refractivity contribution is 5.90. The molecule has 0 spiro atoms. The molecule has 0 aromatic heterocycles. The molecule has 48 heavy (non-hydrogen) atoms. The predicted octanol–water partition coefficient (Wildman–Crippen LogP) is 7.25. The highest BCUT2D eigenvalue weighted by Crippen LogP contribution is 2.27. The molecule has 0 saturated heterocycles. The van der Waals surface area contributed by atoms with Crippen LogP contribution < -0.4 is 14.2 Å². The minimum Gasteiger partial charge on any atom is -0.423 e. The standard InChI is InChI=1S/C42H30O6/c1-7-39(43)46-37-24-16-34(17-25-37)15-21-36-23-22-35(30(6)40(36)48-42(45)29(4)5)20-14-32-11-8-31(9-12-32)10-13-33-18-26-38(27-19-33)47-41(44)28(2)3/h7-9,11-12,16-19,22-27H,1-2,4H2,3,5-6H3. The van der Waals surface area contributed by atoms with Gasteiger partial charge < -0.3 is 14.2 Å². The number of carbonyl (C=O) groups is 3. The molecule has 0 heterocycles. The van der Waals surface area contributed by atoms with Crippen molar-refractivity contribution in [2.24, 2.45) is 0 Å². The van der Waals surface area contributed by atoms with Crippen molar-refractivity contribution in [1.82, 2.24) is 0 Å². The van der Waals surface area contributed by atoms with Crippen LogP contribution in [0.5, 0.6) is 17.2 Å².